The molecule has 4 rings (SSSR count). The van der Waals surface area contributed by atoms with Gasteiger partial charge in [0.15, 0.2) is 0 Å². The zero-order valence-electron chi connectivity index (χ0n) is 15.2. The molecule has 3 nitrogen and oxygen atoms in total. The zero-order chi connectivity index (χ0) is 18.6. The van der Waals surface area contributed by atoms with E-state index in [2.05, 4.69) is 47.0 Å². The molecule has 0 N–H and O–H groups in total. The smallest absolute Gasteiger partial charge is 0.119 e. The lowest BCUT2D eigenvalue weighted by Crippen LogP contribution is -2.11. The Morgan fingerprint density at radius 2 is 1.74 bits per heavy atom. The second-order valence-electron chi connectivity index (χ2n) is 6.59. The molecule has 0 unspecified atom stereocenters. The van der Waals surface area contributed by atoms with Crippen molar-refractivity contribution in [1.82, 2.24) is 9.55 Å². The number of aryl methyl sites for hydroxylation is 1. The quantitative estimate of drug-likeness (QED) is 0.433. The number of halogens is 1. The summed E-state index contributed by atoms with van der Waals surface area (Å²) in [7, 11) is 0. The first-order valence-electron chi connectivity index (χ1n) is 9.08. The molecule has 0 fully saturated rings. The van der Waals surface area contributed by atoms with Gasteiger partial charge in [-0.25, -0.2) is 4.98 Å². The lowest BCUT2D eigenvalue weighted by atomic mass is 10.1. The molecular formula is C23H21ClN2O. The molecule has 1 aromatic heterocycles. The van der Waals surface area contributed by atoms with Crippen molar-refractivity contribution in [3.05, 3.63) is 94.8 Å². The van der Waals surface area contributed by atoms with Gasteiger partial charge in [-0.1, -0.05) is 54.1 Å². The van der Waals surface area contributed by atoms with Gasteiger partial charge in [0.25, 0.3) is 0 Å². The lowest BCUT2D eigenvalue weighted by Gasteiger charge is -2.12. The number of benzene rings is 3. The Kier molecular flexibility index (Phi) is 5.12. The fourth-order valence-corrected chi connectivity index (χ4v) is 3.37. The average Bonchev–Trinajstić information content (AvgIpc) is 3.03. The topological polar surface area (TPSA) is 27.1 Å². The molecule has 0 atom stereocenters. The Hall–Kier alpha value is -2.78. The van der Waals surface area contributed by atoms with E-state index in [-0.39, 0.29) is 0 Å². The van der Waals surface area contributed by atoms with Crippen LogP contribution in [0, 0.1) is 6.92 Å². The number of imidazole rings is 1. The van der Waals surface area contributed by atoms with E-state index in [1.165, 1.54) is 5.56 Å². The van der Waals surface area contributed by atoms with Crippen molar-refractivity contribution in [2.45, 2.75) is 19.9 Å². The highest BCUT2D eigenvalue weighted by Crippen LogP contribution is 2.22. The second kappa shape index (κ2) is 7.85. The van der Waals surface area contributed by atoms with Gasteiger partial charge in [0.1, 0.15) is 18.2 Å². The van der Waals surface area contributed by atoms with Crippen LogP contribution in [0.15, 0.2) is 72.8 Å². The number of ether oxygens (including phenoxy) is 1. The first-order valence-corrected chi connectivity index (χ1v) is 9.45. The molecule has 27 heavy (non-hydrogen) atoms. The van der Waals surface area contributed by atoms with Crippen LogP contribution in [0.2, 0.25) is 5.02 Å². The highest BCUT2D eigenvalue weighted by molar-refractivity contribution is 6.31. The average molecular weight is 377 g/mol. The van der Waals surface area contributed by atoms with Crippen molar-refractivity contribution in [3.8, 4) is 5.75 Å². The van der Waals surface area contributed by atoms with Gasteiger partial charge in [-0.15, -0.1) is 0 Å². The van der Waals surface area contributed by atoms with E-state index in [9.17, 15) is 0 Å². The molecule has 0 radical (unpaired) electrons. The van der Waals surface area contributed by atoms with Crippen molar-refractivity contribution < 1.29 is 4.74 Å². The maximum absolute atomic E-state index is 6.09. The number of hydrogen-bond donors (Lipinski definition) is 0. The Morgan fingerprint density at radius 3 is 2.56 bits per heavy atom. The molecule has 4 aromatic rings. The van der Waals surface area contributed by atoms with Gasteiger partial charge in [0.2, 0.25) is 0 Å². The molecule has 0 aliphatic rings. The summed E-state index contributed by atoms with van der Waals surface area (Å²) in [5.74, 6) is 1.89. The van der Waals surface area contributed by atoms with Crippen molar-refractivity contribution in [2.24, 2.45) is 0 Å². The molecule has 0 bridgehead atoms. The highest BCUT2D eigenvalue weighted by atomic mass is 35.5. The first-order chi connectivity index (χ1) is 13.2. The van der Waals surface area contributed by atoms with Crippen LogP contribution in [0.25, 0.3) is 11.0 Å². The van der Waals surface area contributed by atoms with Crippen LogP contribution in [-0.4, -0.2) is 16.2 Å². The largest absolute Gasteiger partial charge is 0.492 e. The number of rotatable bonds is 6. The van der Waals surface area contributed by atoms with E-state index in [1.807, 2.05) is 37.3 Å². The SMILES string of the molecule is Cc1cc(OCCn2c(Cc3ccccc3)nc3ccccc32)ccc1Cl. The third-order valence-corrected chi connectivity index (χ3v) is 5.08. The van der Waals surface area contributed by atoms with Crippen LogP contribution in [0.1, 0.15) is 17.0 Å². The summed E-state index contributed by atoms with van der Waals surface area (Å²) < 4.78 is 8.22. The van der Waals surface area contributed by atoms with Crippen LogP contribution in [-0.2, 0) is 13.0 Å². The molecule has 0 saturated carbocycles. The zero-order valence-corrected chi connectivity index (χ0v) is 16.0. The van der Waals surface area contributed by atoms with Gasteiger partial charge in [0.05, 0.1) is 17.6 Å². The van der Waals surface area contributed by atoms with E-state index in [1.54, 1.807) is 0 Å². The summed E-state index contributed by atoms with van der Waals surface area (Å²) in [6, 6.07) is 24.4. The lowest BCUT2D eigenvalue weighted by molar-refractivity contribution is 0.298. The maximum Gasteiger partial charge on any atom is 0.119 e. The summed E-state index contributed by atoms with van der Waals surface area (Å²) in [5, 5.41) is 0.758. The molecule has 3 aromatic carbocycles. The third-order valence-electron chi connectivity index (χ3n) is 4.65. The number of para-hydroxylation sites is 2. The first kappa shape index (κ1) is 17.6. The number of hydrogen-bond acceptors (Lipinski definition) is 2. The van der Waals surface area contributed by atoms with Crippen LogP contribution in [0.4, 0.5) is 0 Å². The summed E-state index contributed by atoms with van der Waals surface area (Å²) >= 11 is 6.09. The monoisotopic (exact) mass is 376 g/mol. The van der Waals surface area contributed by atoms with E-state index < -0.39 is 0 Å². The van der Waals surface area contributed by atoms with Crippen LogP contribution >= 0.6 is 11.6 Å². The molecule has 4 heteroatoms. The summed E-state index contributed by atoms with van der Waals surface area (Å²) in [6.07, 6.45) is 0.801. The van der Waals surface area contributed by atoms with E-state index in [4.69, 9.17) is 21.3 Å². The van der Waals surface area contributed by atoms with Gasteiger partial charge < -0.3 is 9.30 Å². The minimum atomic E-state index is 0.573. The van der Waals surface area contributed by atoms with Gasteiger partial charge in [-0.05, 0) is 48.4 Å². The van der Waals surface area contributed by atoms with Gasteiger partial charge in [-0.2, -0.15) is 0 Å². The normalized spacial score (nSPS) is 11.0. The summed E-state index contributed by atoms with van der Waals surface area (Å²) in [6.45, 7) is 3.30. The minimum absolute atomic E-state index is 0.573. The Balaban J connectivity index is 1.56. The molecule has 0 saturated heterocycles. The number of aromatic nitrogens is 2. The molecule has 0 aliphatic heterocycles. The Morgan fingerprint density at radius 1 is 0.963 bits per heavy atom. The van der Waals surface area contributed by atoms with E-state index >= 15 is 0 Å². The second-order valence-corrected chi connectivity index (χ2v) is 7.00. The third kappa shape index (κ3) is 3.99. The van der Waals surface area contributed by atoms with Gasteiger partial charge in [0, 0.05) is 11.4 Å². The van der Waals surface area contributed by atoms with Crippen LogP contribution in [0.5, 0.6) is 5.75 Å². The van der Waals surface area contributed by atoms with Crippen molar-refractivity contribution >= 4 is 22.6 Å². The van der Waals surface area contributed by atoms with Crippen molar-refractivity contribution in [1.29, 1.82) is 0 Å². The molecular weight excluding hydrogens is 356 g/mol. The number of fused-ring (bicyclic) bond motifs is 1. The van der Waals surface area contributed by atoms with Gasteiger partial charge in [-0.3, -0.25) is 0 Å². The van der Waals surface area contributed by atoms with Gasteiger partial charge >= 0.3 is 0 Å². The molecule has 1 heterocycles. The summed E-state index contributed by atoms with van der Waals surface area (Å²) in [4.78, 5) is 4.85. The van der Waals surface area contributed by atoms with E-state index in [0.29, 0.717) is 6.61 Å². The predicted molar refractivity (Wildman–Crippen MR) is 111 cm³/mol. The van der Waals surface area contributed by atoms with E-state index in [0.717, 1.165) is 46.2 Å². The Labute approximate surface area is 164 Å². The standard InChI is InChI=1S/C23H21ClN2O/c1-17-15-19(11-12-20(17)24)27-14-13-26-22-10-6-5-9-21(22)25-23(26)16-18-7-3-2-4-8-18/h2-12,15H,13-14,16H2,1H3. The fraction of sp³-hybridized carbons (Fsp3) is 0.174. The minimum Gasteiger partial charge on any atom is -0.492 e. The van der Waals surface area contributed by atoms with Crippen LogP contribution < -0.4 is 4.74 Å². The van der Waals surface area contributed by atoms with Crippen LogP contribution in [0.3, 0.4) is 0 Å². The molecule has 0 spiro atoms. The highest BCUT2D eigenvalue weighted by Gasteiger charge is 2.11. The molecule has 0 amide bonds. The fourth-order valence-electron chi connectivity index (χ4n) is 3.25. The van der Waals surface area contributed by atoms with Crippen molar-refractivity contribution in [3.63, 3.8) is 0 Å². The molecule has 136 valence electrons. The maximum atomic E-state index is 6.09. The molecule has 0 aliphatic carbocycles. The predicted octanol–water partition coefficient (Wildman–Crippen LogP) is 5.67. The summed E-state index contributed by atoms with van der Waals surface area (Å²) in [5.41, 5.74) is 4.43. The number of nitrogens with zero attached hydrogens (tertiary/aromatic N) is 2. The van der Waals surface area contributed by atoms with Crippen molar-refractivity contribution in [2.75, 3.05) is 6.61 Å². The Bertz CT molecular complexity index is 1060.